The Morgan fingerprint density at radius 1 is 1.21 bits per heavy atom. The number of fused-ring (bicyclic) bond motifs is 1. The second kappa shape index (κ2) is 10.9. The number of ether oxygens (including phenoxy) is 3. The normalized spacial score (nSPS) is 18.8. The second-order valence-corrected chi connectivity index (χ2v) is 10.2. The molecule has 2 aliphatic rings. The summed E-state index contributed by atoms with van der Waals surface area (Å²) in [6.07, 6.45) is 3.54. The predicted molar refractivity (Wildman–Crippen MR) is 143 cm³/mol. The third-order valence-corrected chi connectivity index (χ3v) is 7.41. The van der Waals surface area contributed by atoms with E-state index in [9.17, 15) is 9.18 Å². The van der Waals surface area contributed by atoms with Crippen LogP contribution in [0.1, 0.15) is 26.2 Å². The number of rotatable bonds is 7. The van der Waals surface area contributed by atoms with Gasteiger partial charge in [-0.2, -0.15) is 0 Å². The number of likely N-dealkylation sites (N-methyl/N-ethyl adjacent to an activating group) is 1. The smallest absolute Gasteiger partial charge is 0.320 e. The molecule has 3 heterocycles. The van der Waals surface area contributed by atoms with Crippen molar-refractivity contribution in [3.05, 3.63) is 47.5 Å². The molecule has 0 saturated carbocycles. The molecule has 2 fully saturated rings. The number of carbonyl (C=O) groups excluding carboxylic acids is 1. The molecule has 0 amide bonds. The number of piperidine rings is 1. The number of hydrogen-bond acceptors (Lipinski definition) is 9. The highest BCUT2D eigenvalue weighted by Crippen LogP contribution is 2.37. The molecule has 1 aromatic heterocycles. The van der Waals surface area contributed by atoms with Crippen molar-refractivity contribution in [3.63, 3.8) is 0 Å². The van der Waals surface area contributed by atoms with Gasteiger partial charge in [-0.15, -0.1) is 0 Å². The minimum Gasteiger partial charge on any atom is -0.493 e. The first-order valence-corrected chi connectivity index (χ1v) is 13.0. The highest BCUT2D eigenvalue weighted by molar-refractivity contribution is 6.31. The molecule has 0 aliphatic carbocycles. The van der Waals surface area contributed by atoms with Gasteiger partial charge >= 0.3 is 5.97 Å². The van der Waals surface area contributed by atoms with Gasteiger partial charge in [0.1, 0.15) is 23.6 Å². The van der Waals surface area contributed by atoms with E-state index in [0.29, 0.717) is 40.5 Å². The van der Waals surface area contributed by atoms with Gasteiger partial charge in [0.25, 0.3) is 0 Å². The molecule has 3 aromatic rings. The molecule has 1 unspecified atom stereocenters. The molecular formula is C27H31ClFN5O4. The van der Waals surface area contributed by atoms with E-state index in [0.717, 1.165) is 38.9 Å². The Morgan fingerprint density at radius 2 is 2.00 bits per heavy atom. The van der Waals surface area contributed by atoms with Crippen LogP contribution in [0.15, 0.2) is 36.7 Å². The van der Waals surface area contributed by atoms with Gasteiger partial charge in [0.2, 0.25) is 0 Å². The number of nitrogens with one attached hydrogen (secondary N) is 1. The predicted octanol–water partition coefficient (Wildman–Crippen LogP) is 4.61. The SMILES string of the molecule is CCC(Oc1cc2ncnc(Nc3ccc(F)c(Cl)c3)c2cc1OC)N1CCC2(CC1)CN(C)CC(=O)O2. The van der Waals surface area contributed by atoms with Gasteiger partial charge in [-0.25, -0.2) is 14.4 Å². The zero-order valence-corrected chi connectivity index (χ0v) is 22.4. The Balaban J connectivity index is 1.34. The Kier molecular flexibility index (Phi) is 7.56. The fraction of sp³-hybridized carbons (Fsp3) is 0.444. The summed E-state index contributed by atoms with van der Waals surface area (Å²) < 4.78 is 31.5. The lowest BCUT2D eigenvalue weighted by atomic mass is 9.89. The summed E-state index contributed by atoms with van der Waals surface area (Å²) in [5.74, 6) is 1.00. The van der Waals surface area contributed by atoms with E-state index < -0.39 is 11.4 Å². The van der Waals surface area contributed by atoms with Gasteiger partial charge in [0.15, 0.2) is 17.7 Å². The number of nitrogens with zero attached hydrogens (tertiary/aromatic N) is 4. The topological polar surface area (TPSA) is 89.1 Å². The monoisotopic (exact) mass is 543 g/mol. The summed E-state index contributed by atoms with van der Waals surface area (Å²) >= 11 is 5.94. The number of esters is 1. The van der Waals surface area contributed by atoms with Crippen LogP contribution in [-0.2, 0) is 9.53 Å². The molecule has 1 N–H and O–H groups in total. The van der Waals surface area contributed by atoms with E-state index in [-0.39, 0.29) is 17.2 Å². The van der Waals surface area contributed by atoms with E-state index in [4.69, 9.17) is 25.8 Å². The molecule has 11 heteroatoms. The quantitative estimate of drug-likeness (QED) is 0.429. The number of halogens is 2. The maximum absolute atomic E-state index is 13.6. The van der Waals surface area contributed by atoms with E-state index in [1.54, 1.807) is 13.2 Å². The zero-order chi connectivity index (χ0) is 26.9. The molecule has 0 radical (unpaired) electrons. The molecule has 2 aromatic carbocycles. The van der Waals surface area contributed by atoms with Crippen LogP contribution >= 0.6 is 11.6 Å². The summed E-state index contributed by atoms with van der Waals surface area (Å²) in [4.78, 5) is 25.1. The average molecular weight is 544 g/mol. The number of hydrogen-bond donors (Lipinski definition) is 1. The van der Waals surface area contributed by atoms with Crippen LogP contribution in [0.4, 0.5) is 15.9 Å². The molecular weight excluding hydrogens is 513 g/mol. The molecule has 2 aliphatic heterocycles. The van der Waals surface area contributed by atoms with Crippen molar-refractivity contribution in [2.75, 3.05) is 45.7 Å². The highest BCUT2D eigenvalue weighted by atomic mass is 35.5. The molecule has 1 spiro atoms. The lowest BCUT2D eigenvalue weighted by Crippen LogP contribution is -2.59. The van der Waals surface area contributed by atoms with Gasteiger partial charge in [0.05, 0.1) is 24.2 Å². The van der Waals surface area contributed by atoms with Crippen LogP contribution in [0.5, 0.6) is 11.5 Å². The van der Waals surface area contributed by atoms with E-state index in [1.165, 1.54) is 18.5 Å². The fourth-order valence-electron chi connectivity index (χ4n) is 5.24. The van der Waals surface area contributed by atoms with Crippen LogP contribution in [-0.4, -0.2) is 77.9 Å². The second-order valence-electron chi connectivity index (χ2n) is 9.84. The Labute approximate surface area is 225 Å². The minimum absolute atomic E-state index is 0.0181. The average Bonchev–Trinajstić information content (AvgIpc) is 2.89. The van der Waals surface area contributed by atoms with Gasteiger partial charge in [0, 0.05) is 49.6 Å². The van der Waals surface area contributed by atoms with Crippen molar-refractivity contribution in [2.24, 2.45) is 0 Å². The fourth-order valence-corrected chi connectivity index (χ4v) is 5.42. The standard InChI is InChI=1S/C27H31ClFN5O4/c1-4-24(34-9-7-27(8-10-34)15-33(2)14-25(35)38-27)37-23-13-21-18(12-22(23)36-3)26(31-16-30-21)32-17-5-6-20(29)19(28)11-17/h5-6,11-13,16,24H,4,7-10,14-15H2,1-3H3,(H,30,31,32). The number of benzene rings is 2. The third-order valence-electron chi connectivity index (χ3n) is 7.12. The first-order valence-electron chi connectivity index (χ1n) is 12.6. The van der Waals surface area contributed by atoms with E-state index >= 15 is 0 Å². The van der Waals surface area contributed by atoms with E-state index in [1.807, 2.05) is 24.1 Å². The summed E-state index contributed by atoms with van der Waals surface area (Å²) in [6.45, 7) is 4.68. The van der Waals surface area contributed by atoms with Crippen molar-refractivity contribution in [1.29, 1.82) is 0 Å². The van der Waals surface area contributed by atoms with Crippen molar-refractivity contribution in [1.82, 2.24) is 19.8 Å². The number of likely N-dealkylation sites (tertiary alicyclic amines) is 1. The van der Waals surface area contributed by atoms with Crippen LogP contribution in [0, 0.1) is 5.82 Å². The molecule has 5 rings (SSSR count). The van der Waals surface area contributed by atoms with Crippen molar-refractivity contribution in [3.8, 4) is 11.5 Å². The number of aromatic nitrogens is 2. The Hall–Kier alpha value is -3.21. The van der Waals surface area contributed by atoms with Crippen LogP contribution in [0.3, 0.4) is 0 Å². The lowest BCUT2D eigenvalue weighted by Gasteiger charge is -2.47. The first-order chi connectivity index (χ1) is 18.3. The molecule has 1 atom stereocenters. The molecule has 0 bridgehead atoms. The van der Waals surface area contributed by atoms with Crippen LogP contribution in [0.2, 0.25) is 5.02 Å². The lowest BCUT2D eigenvalue weighted by molar-refractivity contribution is -0.182. The van der Waals surface area contributed by atoms with E-state index in [2.05, 4.69) is 27.1 Å². The van der Waals surface area contributed by atoms with Crippen molar-refractivity contribution >= 4 is 40.0 Å². The van der Waals surface area contributed by atoms with Crippen molar-refractivity contribution in [2.45, 2.75) is 38.0 Å². The Morgan fingerprint density at radius 3 is 2.68 bits per heavy atom. The maximum Gasteiger partial charge on any atom is 0.320 e. The van der Waals surface area contributed by atoms with Gasteiger partial charge in [-0.1, -0.05) is 18.5 Å². The third kappa shape index (κ3) is 5.48. The molecule has 9 nitrogen and oxygen atoms in total. The zero-order valence-electron chi connectivity index (χ0n) is 21.7. The Bertz CT molecular complexity index is 1330. The summed E-state index contributed by atoms with van der Waals surface area (Å²) in [6, 6.07) is 8.05. The summed E-state index contributed by atoms with van der Waals surface area (Å²) in [7, 11) is 3.54. The van der Waals surface area contributed by atoms with Crippen LogP contribution in [0.25, 0.3) is 10.9 Å². The van der Waals surface area contributed by atoms with Crippen molar-refractivity contribution < 1.29 is 23.4 Å². The number of morpholine rings is 1. The first kappa shape index (κ1) is 26.4. The minimum atomic E-state index is -0.491. The summed E-state index contributed by atoms with van der Waals surface area (Å²) in [5.41, 5.74) is 0.838. The van der Waals surface area contributed by atoms with Gasteiger partial charge in [-0.05, 0) is 37.7 Å². The van der Waals surface area contributed by atoms with Gasteiger partial charge in [-0.3, -0.25) is 14.6 Å². The number of methoxy groups -OCH3 is 1. The molecule has 2 saturated heterocycles. The number of anilines is 2. The summed E-state index contributed by atoms with van der Waals surface area (Å²) in [5, 5.41) is 3.91. The molecule has 202 valence electrons. The number of carbonyl (C=O) groups is 1. The maximum atomic E-state index is 13.6. The highest BCUT2D eigenvalue weighted by Gasteiger charge is 2.43. The van der Waals surface area contributed by atoms with Gasteiger partial charge < -0.3 is 19.5 Å². The molecule has 38 heavy (non-hydrogen) atoms. The largest absolute Gasteiger partial charge is 0.493 e. The van der Waals surface area contributed by atoms with Crippen LogP contribution < -0.4 is 14.8 Å².